The molecule has 0 heterocycles. The zero-order chi connectivity index (χ0) is 17.7. The van der Waals surface area contributed by atoms with Gasteiger partial charge in [0.25, 0.3) is 5.91 Å². The van der Waals surface area contributed by atoms with Crippen molar-refractivity contribution in [3.63, 3.8) is 0 Å². The van der Waals surface area contributed by atoms with Crippen LogP contribution < -0.4 is 10.1 Å². The van der Waals surface area contributed by atoms with Gasteiger partial charge >= 0.3 is 11.7 Å². The largest absolute Gasteiger partial charge is 0.478 e. The number of carboxylic acid groups (broad SMARTS) is 1. The molecule has 0 radical (unpaired) electrons. The predicted octanol–water partition coefficient (Wildman–Crippen LogP) is 2.45. The Morgan fingerprint density at radius 3 is 2.58 bits per heavy atom. The van der Waals surface area contributed by atoms with E-state index >= 15 is 0 Å². The Hall–Kier alpha value is -3.49. The molecule has 0 saturated carbocycles. The summed E-state index contributed by atoms with van der Waals surface area (Å²) < 4.78 is 18.4. The van der Waals surface area contributed by atoms with Crippen molar-refractivity contribution in [2.45, 2.75) is 0 Å². The zero-order valence-corrected chi connectivity index (χ0v) is 12.1. The molecule has 0 bridgehead atoms. The first kappa shape index (κ1) is 16.9. The van der Waals surface area contributed by atoms with Gasteiger partial charge in [0, 0.05) is 12.1 Å². The molecule has 0 unspecified atom stereocenters. The molecule has 0 saturated heterocycles. The van der Waals surface area contributed by atoms with E-state index in [1.54, 1.807) is 0 Å². The molecule has 0 aromatic heterocycles. The van der Waals surface area contributed by atoms with Crippen LogP contribution in [0.4, 0.5) is 15.8 Å². The van der Waals surface area contributed by atoms with Gasteiger partial charge in [0.2, 0.25) is 0 Å². The lowest BCUT2D eigenvalue weighted by atomic mass is 10.2. The summed E-state index contributed by atoms with van der Waals surface area (Å²) in [5.74, 6) is -3.08. The van der Waals surface area contributed by atoms with E-state index in [0.29, 0.717) is 0 Å². The third-order valence-corrected chi connectivity index (χ3v) is 2.91. The quantitative estimate of drug-likeness (QED) is 0.618. The number of nitrogens with zero attached hydrogens (tertiary/aromatic N) is 1. The predicted molar refractivity (Wildman–Crippen MR) is 80.6 cm³/mol. The van der Waals surface area contributed by atoms with Crippen LogP contribution in [0.15, 0.2) is 42.5 Å². The number of ether oxygens (including phenoxy) is 1. The second-order valence-corrected chi connectivity index (χ2v) is 4.56. The second kappa shape index (κ2) is 7.18. The normalized spacial score (nSPS) is 10.0. The van der Waals surface area contributed by atoms with Gasteiger partial charge < -0.3 is 15.2 Å². The topological polar surface area (TPSA) is 119 Å². The van der Waals surface area contributed by atoms with Crippen LogP contribution in [0.1, 0.15) is 10.4 Å². The lowest BCUT2D eigenvalue weighted by Crippen LogP contribution is -2.21. The summed E-state index contributed by atoms with van der Waals surface area (Å²) >= 11 is 0. The third kappa shape index (κ3) is 4.03. The van der Waals surface area contributed by atoms with Gasteiger partial charge in [0.05, 0.1) is 16.2 Å². The van der Waals surface area contributed by atoms with Crippen molar-refractivity contribution >= 4 is 23.3 Å². The number of benzene rings is 2. The fourth-order valence-electron chi connectivity index (χ4n) is 1.81. The van der Waals surface area contributed by atoms with Crippen molar-refractivity contribution in [2.24, 2.45) is 0 Å². The van der Waals surface area contributed by atoms with Gasteiger partial charge in [0.15, 0.2) is 12.4 Å². The van der Waals surface area contributed by atoms with Crippen molar-refractivity contribution in [2.75, 3.05) is 11.9 Å². The van der Waals surface area contributed by atoms with Crippen LogP contribution in [0.2, 0.25) is 0 Å². The molecule has 2 N–H and O–H groups in total. The van der Waals surface area contributed by atoms with Crippen molar-refractivity contribution in [3.8, 4) is 5.75 Å². The number of rotatable bonds is 6. The number of hydrogen-bond donors (Lipinski definition) is 2. The maximum absolute atomic E-state index is 13.4. The lowest BCUT2D eigenvalue weighted by Gasteiger charge is -2.09. The average molecular weight is 334 g/mol. The summed E-state index contributed by atoms with van der Waals surface area (Å²) in [6.07, 6.45) is 0. The maximum atomic E-state index is 13.4. The summed E-state index contributed by atoms with van der Waals surface area (Å²) in [5, 5.41) is 22.0. The number of nitrogens with one attached hydrogen (secondary N) is 1. The first-order chi connectivity index (χ1) is 11.4. The number of carbonyl (C=O) groups is 2. The van der Waals surface area contributed by atoms with Crippen LogP contribution >= 0.6 is 0 Å². The first-order valence-electron chi connectivity index (χ1n) is 6.57. The molecule has 0 aliphatic carbocycles. The van der Waals surface area contributed by atoms with Crippen molar-refractivity contribution in [3.05, 3.63) is 64.0 Å². The van der Waals surface area contributed by atoms with Gasteiger partial charge in [-0.2, -0.15) is 0 Å². The van der Waals surface area contributed by atoms with Gasteiger partial charge in [0.1, 0.15) is 5.82 Å². The number of anilines is 1. The van der Waals surface area contributed by atoms with Crippen LogP contribution in [0.3, 0.4) is 0 Å². The Bertz CT molecular complexity index is 808. The number of halogens is 1. The molecule has 0 aliphatic heterocycles. The molecule has 0 aliphatic rings. The van der Waals surface area contributed by atoms with E-state index in [4.69, 9.17) is 9.84 Å². The average Bonchev–Trinajstić information content (AvgIpc) is 2.54. The number of carbonyl (C=O) groups excluding carboxylic acids is 1. The summed E-state index contributed by atoms with van der Waals surface area (Å²) in [5.41, 5.74) is -0.788. The molecule has 2 rings (SSSR count). The number of aromatic carboxylic acids is 1. The van der Waals surface area contributed by atoms with E-state index in [2.05, 4.69) is 5.32 Å². The number of hydrogen-bond acceptors (Lipinski definition) is 5. The molecule has 24 heavy (non-hydrogen) atoms. The summed E-state index contributed by atoms with van der Waals surface area (Å²) in [6.45, 7) is -0.655. The second-order valence-electron chi connectivity index (χ2n) is 4.56. The van der Waals surface area contributed by atoms with Gasteiger partial charge in [-0.15, -0.1) is 0 Å². The summed E-state index contributed by atoms with van der Waals surface area (Å²) in [4.78, 5) is 32.8. The molecule has 9 heteroatoms. The third-order valence-electron chi connectivity index (χ3n) is 2.91. The highest BCUT2D eigenvalue weighted by Crippen LogP contribution is 2.28. The lowest BCUT2D eigenvalue weighted by molar-refractivity contribution is -0.385. The van der Waals surface area contributed by atoms with Gasteiger partial charge in [-0.05, 0) is 18.2 Å². The SMILES string of the molecule is O=C(COc1cc(C(=O)O)ccc1[N+](=O)[O-])Nc1ccccc1F. The van der Waals surface area contributed by atoms with E-state index < -0.39 is 34.9 Å². The summed E-state index contributed by atoms with van der Waals surface area (Å²) in [7, 11) is 0. The van der Waals surface area contributed by atoms with E-state index in [-0.39, 0.29) is 17.0 Å². The highest BCUT2D eigenvalue weighted by atomic mass is 19.1. The highest BCUT2D eigenvalue weighted by molar-refractivity contribution is 5.92. The molecule has 2 aromatic rings. The molecule has 0 atom stereocenters. The smallest absolute Gasteiger partial charge is 0.335 e. The van der Waals surface area contributed by atoms with Crippen LogP contribution in [-0.2, 0) is 4.79 Å². The van der Waals surface area contributed by atoms with Crippen LogP contribution in [0.5, 0.6) is 5.75 Å². The van der Waals surface area contributed by atoms with Gasteiger partial charge in [-0.1, -0.05) is 12.1 Å². The summed E-state index contributed by atoms with van der Waals surface area (Å²) in [6, 6.07) is 8.40. The maximum Gasteiger partial charge on any atom is 0.335 e. The Morgan fingerprint density at radius 2 is 1.96 bits per heavy atom. The molecule has 8 nitrogen and oxygen atoms in total. The van der Waals surface area contributed by atoms with Gasteiger partial charge in [-0.25, -0.2) is 9.18 Å². The first-order valence-corrected chi connectivity index (χ1v) is 6.57. The van der Waals surface area contributed by atoms with Crippen LogP contribution in [-0.4, -0.2) is 28.5 Å². The Labute approximate surface area is 134 Å². The Kier molecular flexibility index (Phi) is 5.05. The molecular weight excluding hydrogens is 323 g/mol. The molecule has 1 amide bonds. The molecule has 0 fully saturated rings. The standard InChI is InChI=1S/C15H11FN2O6/c16-10-3-1-2-4-11(10)17-14(19)8-24-13-7-9(15(20)21)5-6-12(13)18(22)23/h1-7H,8H2,(H,17,19)(H,20,21). The number of nitro benzene ring substituents is 1. The molecule has 0 spiro atoms. The number of carboxylic acids is 1. The molecule has 2 aromatic carbocycles. The molecular formula is C15H11FN2O6. The van der Waals surface area contributed by atoms with Crippen molar-refractivity contribution in [1.29, 1.82) is 0 Å². The Morgan fingerprint density at radius 1 is 1.25 bits per heavy atom. The van der Waals surface area contributed by atoms with Crippen molar-refractivity contribution < 1.29 is 28.7 Å². The number of amides is 1. The minimum Gasteiger partial charge on any atom is -0.478 e. The van der Waals surface area contributed by atoms with E-state index in [1.807, 2.05) is 0 Å². The fourth-order valence-corrected chi connectivity index (χ4v) is 1.81. The van der Waals surface area contributed by atoms with E-state index in [0.717, 1.165) is 24.3 Å². The van der Waals surface area contributed by atoms with Crippen molar-refractivity contribution in [1.82, 2.24) is 0 Å². The van der Waals surface area contributed by atoms with Gasteiger partial charge in [-0.3, -0.25) is 14.9 Å². The van der Waals surface area contributed by atoms with Crippen LogP contribution in [0.25, 0.3) is 0 Å². The minimum absolute atomic E-state index is 0.0695. The monoisotopic (exact) mass is 334 g/mol. The molecule has 124 valence electrons. The Balaban J connectivity index is 2.11. The van der Waals surface area contributed by atoms with E-state index in [1.165, 1.54) is 18.2 Å². The van der Waals surface area contributed by atoms with Crippen LogP contribution in [0, 0.1) is 15.9 Å². The minimum atomic E-state index is -1.30. The van der Waals surface area contributed by atoms with E-state index in [9.17, 15) is 24.1 Å². The highest BCUT2D eigenvalue weighted by Gasteiger charge is 2.19. The zero-order valence-electron chi connectivity index (χ0n) is 12.1. The number of nitro groups is 1. The number of para-hydroxylation sites is 1. The fraction of sp³-hybridized carbons (Fsp3) is 0.0667.